The van der Waals surface area contributed by atoms with Crippen molar-refractivity contribution in [2.45, 2.75) is 48.8 Å². The zero-order chi connectivity index (χ0) is 16.4. The molecule has 7 heteroatoms. The van der Waals surface area contributed by atoms with Crippen molar-refractivity contribution < 1.29 is 13.9 Å². The number of hydrogen-bond acceptors (Lipinski definition) is 4. The molecule has 0 radical (unpaired) electrons. The van der Waals surface area contributed by atoms with Crippen LogP contribution in [0.5, 0.6) is 0 Å². The third kappa shape index (κ3) is 3.40. The highest BCUT2D eigenvalue weighted by Crippen LogP contribution is 2.42. The minimum atomic E-state index is -1.49. The largest absolute Gasteiger partial charge is 0.382 e. The van der Waals surface area contributed by atoms with Crippen molar-refractivity contribution in [1.82, 2.24) is 14.8 Å². The van der Waals surface area contributed by atoms with Crippen LogP contribution >= 0.6 is 11.8 Å². The van der Waals surface area contributed by atoms with Gasteiger partial charge in [0, 0.05) is 22.1 Å². The van der Waals surface area contributed by atoms with E-state index in [-0.39, 0.29) is 17.4 Å². The fourth-order valence-corrected chi connectivity index (χ4v) is 4.35. The molecule has 1 aliphatic carbocycles. The minimum absolute atomic E-state index is 0.0659. The highest BCUT2D eigenvalue weighted by Gasteiger charge is 2.41. The quantitative estimate of drug-likeness (QED) is 0.878. The number of rotatable bonds is 6. The molecule has 2 unspecified atom stereocenters. The minimum Gasteiger partial charge on any atom is -0.382 e. The van der Waals surface area contributed by atoms with Crippen molar-refractivity contribution in [3.05, 3.63) is 48.1 Å². The maximum absolute atomic E-state index is 14.3. The summed E-state index contributed by atoms with van der Waals surface area (Å²) in [7, 11) is 0. The molecule has 1 fully saturated rings. The lowest BCUT2D eigenvalue weighted by atomic mass is 9.90. The molecule has 2 atom stereocenters. The standard InChI is InChI=1S/C16H19F2N3OS/c1-11(23-13-3-2-4-13)16(22,8-21-10-19-9-20-21)14-6-5-12(17)7-15(14)18/h5-7,9-11,13,22H,2-4,8H2,1H3. The molecule has 0 bridgehead atoms. The molecule has 3 rings (SSSR count). The number of halogens is 2. The summed E-state index contributed by atoms with van der Waals surface area (Å²) < 4.78 is 29.0. The highest BCUT2D eigenvalue weighted by molar-refractivity contribution is 8.00. The summed E-state index contributed by atoms with van der Waals surface area (Å²) in [6.45, 7) is 1.94. The van der Waals surface area contributed by atoms with Gasteiger partial charge in [-0.25, -0.2) is 18.4 Å². The Labute approximate surface area is 137 Å². The van der Waals surface area contributed by atoms with Crippen LogP contribution in [-0.4, -0.2) is 30.4 Å². The van der Waals surface area contributed by atoms with Crippen LogP contribution in [-0.2, 0) is 12.1 Å². The molecule has 2 aromatic rings. The van der Waals surface area contributed by atoms with E-state index in [0.717, 1.165) is 18.9 Å². The Bertz CT molecular complexity index is 663. The van der Waals surface area contributed by atoms with Crippen molar-refractivity contribution in [2.24, 2.45) is 0 Å². The third-order valence-corrected chi connectivity index (χ3v) is 6.04. The number of thioether (sulfide) groups is 1. The summed E-state index contributed by atoms with van der Waals surface area (Å²) in [5, 5.41) is 15.5. The van der Waals surface area contributed by atoms with E-state index < -0.39 is 17.2 Å². The van der Waals surface area contributed by atoms with Gasteiger partial charge in [0.2, 0.25) is 0 Å². The molecule has 1 N–H and O–H groups in total. The third-order valence-electron chi connectivity index (χ3n) is 4.39. The normalized spacial score (nSPS) is 19.1. The van der Waals surface area contributed by atoms with Gasteiger partial charge >= 0.3 is 0 Å². The number of nitrogens with zero attached hydrogens (tertiary/aromatic N) is 3. The summed E-state index contributed by atoms with van der Waals surface area (Å²) >= 11 is 1.65. The Balaban J connectivity index is 1.93. The monoisotopic (exact) mass is 339 g/mol. The smallest absolute Gasteiger partial charge is 0.137 e. The predicted molar refractivity (Wildman–Crippen MR) is 85.0 cm³/mol. The molecular weight excluding hydrogens is 320 g/mol. The van der Waals surface area contributed by atoms with Crippen LogP contribution in [0.4, 0.5) is 8.78 Å². The zero-order valence-electron chi connectivity index (χ0n) is 12.8. The van der Waals surface area contributed by atoms with Gasteiger partial charge in [-0.1, -0.05) is 19.4 Å². The Morgan fingerprint density at radius 2 is 2.22 bits per heavy atom. The van der Waals surface area contributed by atoms with E-state index in [0.29, 0.717) is 5.25 Å². The molecule has 0 amide bonds. The van der Waals surface area contributed by atoms with Crippen molar-refractivity contribution >= 4 is 11.8 Å². The summed E-state index contributed by atoms with van der Waals surface area (Å²) in [5.74, 6) is -1.40. The molecule has 1 aromatic carbocycles. The Morgan fingerprint density at radius 1 is 1.43 bits per heavy atom. The van der Waals surface area contributed by atoms with Crippen LogP contribution < -0.4 is 0 Å². The van der Waals surface area contributed by atoms with Gasteiger partial charge in [0.25, 0.3) is 0 Å². The fraction of sp³-hybridized carbons (Fsp3) is 0.500. The van der Waals surface area contributed by atoms with E-state index in [1.165, 1.54) is 35.9 Å². The van der Waals surface area contributed by atoms with Gasteiger partial charge in [-0.15, -0.1) is 0 Å². The first-order valence-electron chi connectivity index (χ1n) is 7.65. The second-order valence-electron chi connectivity index (χ2n) is 5.97. The molecule has 23 heavy (non-hydrogen) atoms. The Morgan fingerprint density at radius 3 is 2.78 bits per heavy atom. The number of hydrogen-bond donors (Lipinski definition) is 1. The molecular formula is C16H19F2N3OS. The lowest BCUT2D eigenvalue weighted by Gasteiger charge is -2.38. The number of aliphatic hydroxyl groups is 1. The van der Waals surface area contributed by atoms with Gasteiger partial charge in [0.15, 0.2) is 0 Å². The van der Waals surface area contributed by atoms with E-state index >= 15 is 0 Å². The molecule has 0 aliphatic heterocycles. The van der Waals surface area contributed by atoms with Gasteiger partial charge < -0.3 is 5.11 Å². The van der Waals surface area contributed by atoms with Gasteiger partial charge in [0.05, 0.1) is 6.54 Å². The van der Waals surface area contributed by atoms with Crippen LogP contribution in [0.25, 0.3) is 0 Å². The molecule has 1 aromatic heterocycles. The van der Waals surface area contributed by atoms with Crippen LogP contribution in [0.1, 0.15) is 31.7 Å². The van der Waals surface area contributed by atoms with Gasteiger partial charge in [0.1, 0.15) is 29.9 Å². The van der Waals surface area contributed by atoms with Crippen molar-refractivity contribution in [2.75, 3.05) is 0 Å². The molecule has 0 saturated heterocycles. The molecule has 4 nitrogen and oxygen atoms in total. The first-order chi connectivity index (χ1) is 11.0. The maximum Gasteiger partial charge on any atom is 0.137 e. The van der Waals surface area contributed by atoms with Crippen molar-refractivity contribution in [1.29, 1.82) is 0 Å². The van der Waals surface area contributed by atoms with E-state index in [2.05, 4.69) is 10.1 Å². The average molecular weight is 339 g/mol. The van der Waals surface area contributed by atoms with Crippen molar-refractivity contribution in [3.8, 4) is 0 Å². The second-order valence-corrected chi connectivity index (χ2v) is 7.62. The summed E-state index contributed by atoms with van der Waals surface area (Å²) in [6.07, 6.45) is 6.26. The van der Waals surface area contributed by atoms with Gasteiger partial charge in [-0.05, 0) is 18.9 Å². The van der Waals surface area contributed by atoms with Crippen LogP contribution in [0, 0.1) is 11.6 Å². The lowest BCUT2D eigenvalue weighted by molar-refractivity contribution is 0.0130. The Hall–Kier alpha value is -1.47. The maximum atomic E-state index is 14.3. The summed E-state index contributed by atoms with van der Waals surface area (Å²) in [5.41, 5.74) is -1.40. The first-order valence-corrected chi connectivity index (χ1v) is 8.59. The summed E-state index contributed by atoms with van der Waals surface area (Å²) in [6, 6.07) is 3.30. The van der Waals surface area contributed by atoms with Gasteiger partial charge in [-0.2, -0.15) is 16.9 Å². The summed E-state index contributed by atoms with van der Waals surface area (Å²) in [4.78, 5) is 3.86. The Kier molecular flexibility index (Phi) is 4.68. The SMILES string of the molecule is CC(SC1CCC1)C(O)(Cn1cncn1)c1ccc(F)cc1F. The average Bonchev–Trinajstić information content (AvgIpc) is 2.95. The number of aromatic nitrogens is 3. The van der Waals surface area contributed by atoms with Crippen LogP contribution in [0.2, 0.25) is 0 Å². The zero-order valence-corrected chi connectivity index (χ0v) is 13.6. The predicted octanol–water partition coefficient (Wildman–Crippen LogP) is 3.12. The molecule has 1 aliphatic rings. The van der Waals surface area contributed by atoms with E-state index in [9.17, 15) is 13.9 Å². The lowest BCUT2D eigenvalue weighted by Crippen LogP contribution is -2.42. The highest BCUT2D eigenvalue weighted by atomic mass is 32.2. The second kappa shape index (κ2) is 6.57. The molecule has 0 spiro atoms. The first kappa shape index (κ1) is 16.4. The van der Waals surface area contributed by atoms with E-state index in [1.54, 1.807) is 11.8 Å². The van der Waals surface area contributed by atoms with E-state index in [4.69, 9.17) is 0 Å². The molecule has 1 saturated carbocycles. The van der Waals surface area contributed by atoms with Gasteiger partial charge in [-0.3, -0.25) is 0 Å². The van der Waals surface area contributed by atoms with Crippen LogP contribution in [0.15, 0.2) is 30.9 Å². The van der Waals surface area contributed by atoms with E-state index in [1.807, 2.05) is 6.92 Å². The van der Waals surface area contributed by atoms with Crippen LogP contribution in [0.3, 0.4) is 0 Å². The molecule has 1 heterocycles. The van der Waals surface area contributed by atoms with Crippen molar-refractivity contribution in [3.63, 3.8) is 0 Å². The topological polar surface area (TPSA) is 50.9 Å². The number of benzene rings is 1. The molecule has 124 valence electrons. The fourth-order valence-electron chi connectivity index (χ4n) is 2.74.